The molecule has 1 saturated heterocycles. The van der Waals surface area contributed by atoms with E-state index in [4.69, 9.17) is 5.11 Å². The predicted octanol–water partition coefficient (Wildman–Crippen LogP) is 0.141. The van der Waals surface area contributed by atoms with Crippen molar-refractivity contribution in [3.05, 3.63) is 0 Å². The molecular weight excluding hydrogens is 142 g/mol. The Labute approximate surface area is 66.8 Å². The van der Waals surface area contributed by atoms with Crippen LogP contribution in [0.2, 0.25) is 0 Å². The monoisotopic (exact) mass is 157 g/mol. The molecule has 1 aliphatic rings. The molecule has 0 aromatic carbocycles. The van der Waals surface area contributed by atoms with Crippen molar-refractivity contribution in [2.45, 2.75) is 19.8 Å². The van der Waals surface area contributed by atoms with E-state index in [1.807, 2.05) is 6.92 Å². The summed E-state index contributed by atoms with van der Waals surface area (Å²) in [6.45, 7) is 3.02. The van der Waals surface area contributed by atoms with Crippen LogP contribution < -0.4 is 5.32 Å². The molecule has 0 spiro atoms. The Bertz CT molecular complexity index is 147. The van der Waals surface area contributed by atoms with Crippen LogP contribution >= 0.6 is 0 Å². The van der Waals surface area contributed by atoms with Gasteiger partial charge in [-0.1, -0.05) is 6.92 Å². The molecule has 0 aromatic heterocycles. The summed E-state index contributed by atoms with van der Waals surface area (Å²) in [5.41, 5.74) is 0. The minimum atomic E-state index is 0.153. The fraction of sp³-hybridized carbons (Fsp3) is 0.875. The van der Waals surface area contributed by atoms with Crippen molar-refractivity contribution in [2.75, 3.05) is 13.2 Å². The van der Waals surface area contributed by atoms with Gasteiger partial charge in [-0.2, -0.15) is 0 Å². The maximum absolute atomic E-state index is 10.7. The van der Waals surface area contributed by atoms with E-state index in [1.54, 1.807) is 0 Å². The summed E-state index contributed by atoms with van der Waals surface area (Å²) in [5, 5.41) is 11.5. The van der Waals surface area contributed by atoms with Gasteiger partial charge in [-0.15, -0.1) is 0 Å². The van der Waals surface area contributed by atoms with Gasteiger partial charge < -0.3 is 10.4 Å². The Morgan fingerprint density at radius 2 is 2.55 bits per heavy atom. The van der Waals surface area contributed by atoms with E-state index in [9.17, 15) is 4.79 Å². The lowest BCUT2D eigenvalue weighted by molar-refractivity contribution is -0.119. The lowest BCUT2D eigenvalue weighted by Crippen LogP contribution is -2.15. The van der Waals surface area contributed by atoms with Gasteiger partial charge in [0.2, 0.25) is 5.91 Å². The molecule has 1 rings (SSSR count). The molecule has 0 saturated carbocycles. The fourth-order valence-corrected chi connectivity index (χ4v) is 1.47. The average molecular weight is 157 g/mol. The van der Waals surface area contributed by atoms with Crippen LogP contribution in [0.1, 0.15) is 19.8 Å². The van der Waals surface area contributed by atoms with Gasteiger partial charge in [0.15, 0.2) is 0 Å². The van der Waals surface area contributed by atoms with E-state index in [0.717, 1.165) is 13.0 Å². The SMILES string of the molecule is CC(CO)CC1CNC(=O)C1. The van der Waals surface area contributed by atoms with E-state index in [1.165, 1.54) is 0 Å². The van der Waals surface area contributed by atoms with Gasteiger partial charge in [0.1, 0.15) is 0 Å². The molecule has 64 valence electrons. The van der Waals surface area contributed by atoms with Crippen LogP contribution in [0, 0.1) is 11.8 Å². The molecule has 1 fully saturated rings. The van der Waals surface area contributed by atoms with Gasteiger partial charge in [0, 0.05) is 19.6 Å². The number of hydrogen-bond donors (Lipinski definition) is 2. The molecule has 0 aliphatic carbocycles. The van der Waals surface area contributed by atoms with E-state index >= 15 is 0 Å². The van der Waals surface area contributed by atoms with Crippen LogP contribution in [0.4, 0.5) is 0 Å². The minimum Gasteiger partial charge on any atom is -0.396 e. The van der Waals surface area contributed by atoms with Crippen LogP contribution in [0.5, 0.6) is 0 Å². The molecule has 11 heavy (non-hydrogen) atoms. The zero-order valence-corrected chi connectivity index (χ0v) is 6.84. The Hall–Kier alpha value is -0.570. The number of aliphatic hydroxyl groups excluding tert-OH is 1. The third kappa shape index (κ3) is 2.50. The first-order valence-electron chi connectivity index (χ1n) is 4.10. The topological polar surface area (TPSA) is 49.3 Å². The van der Waals surface area contributed by atoms with Crippen molar-refractivity contribution in [3.8, 4) is 0 Å². The number of aliphatic hydroxyl groups is 1. The summed E-state index contributed by atoms with van der Waals surface area (Å²) in [6, 6.07) is 0. The Balaban J connectivity index is 2.22. The number of nitrogens with one attached hydrogen (secondary N) is 1. The highest BCUT2D eigenvalue weighted by Crippen LogP contribution is 2.18. The summed E-state index contributed by atoms with van der Waals surface area (Å²) < 4.78 is 0. The van der Waals surface area contributed by atoms with Gasteiger partial charge in [0.25, 0.3) is 0 Å². The Kier molecular flexibility index (Phi) is 2.88. The molecule has 2 N–H and O–H groups in total. The second kappa shape index (κ2) is 3.72. The van der Waals surface area contributed by atoms with Crippen molar-refractivity contribution >= 4 is 5.91 Å². The first-order chi connectivity index (χ1) is 5.22. The van der Waals surface area contributed by atoms with Crippen molar-refractivity contribution < 1.29 is 9.90 Å². The maximum Gasteiger partial charge on any atom is 0.220 e. The summed E-state index contributed by atoms with van der Waals surface area (Å²) in [7, 11) is 0. The molecule has 0 radical (unpaired) electrons. The van der Waals surface area contributed by atoms with Crippen LogP contribution in [-0.2, 0) is 4.79 Å². The van der Waals surface area contributed by atoms with Crippen molar-refractivity contribution in [3.63, 3.8) is 0 Å². The lowest BCUT2D eigenvalue weighted by Gasteiger charge is -2.11. The molecule has 3 heteroatoms. The predicted molar refractivity (Wildman–Crippen MR) is 42.0 cm³/mol. The first-order valence-corrected chi connectivity index (χ1v) is 4.10. The van der Waals surface area contributed by atoms with E-state index in [-0.39, 0.29) is 12.5 Å². The highest BCUT2D eigenvalue weighted by molar-refractivity contribution is 5.78. The third-order valence-corrected chi connectivity index (χ3v) is 2.11. The van der Waals surface area contributed by atoms with Crippen LogP contribution in [0.3, 0.4) is 0 Å². The Morgan fingerprint density at radius 1 is 1.82 bits per heavy atom. The molecule has 0 bridgehead atoms. The third-order valence-electron chi connectivity index (χ3n) is 2.11. The molecule has 1 aliphatic heterocycles. The largest absolute Gasteiger partial charge is 0.396 e. The van der Waals surface area contributed by atoms with Gasteiger partial charge in [0.05, 0.1) is 0 Å². The smallest absolute Gasteiger partial charge is 0.220 e. The first kappa shape index (κ1) is 8.53. The van der Waals surface area contributed by atoms with Gasteiger partial charge in [-0.05, 0) is 18.3 Å². The Morgan fingerprint density at radius 3 is 3.00 bits per heavy atom. The highest BCUT2D eigenvalue weighted by Gasteiger charge is 2.22. The summed E-state index contributed by atoms with van der Waals surface area (Å²) in [4.78, 5) is 10.7. The van der Waals surface area contributed by atoms with Crippen molar-refractivity contribution in [2.24, 2.45) is 11.8 Å². The number of hydrogen-bond acceptors (Lipinski definition) is 2. The minimum absolute atomic E-state index is 0.153. The zero-order chi connectivity index (χ0) is 8.27. The van der Waals surface area contributed by atoms with Crippen LogP contribution in [-0.4, -0.2) is 24.2 Å². The molecule has 2 atom stereocenters. The fourth-order valence-electron chi connectivity index (χ4n) is 1.47. The van der Waals surface area contributed by atoms with E-state index in [0.29, 0.717) is 18.3 Å². The second-order valence-corrected chi connectivity index (χ2v) is 3.40. The number of rotatable bonds is 3. The number of carbonyl (C=O) groups is 1. The standard InChI is InChI=1S/C8H15NO2/c1-6(5-10)2-7-3-8(11)9-4-7/h6-7,10H,2-5H2,1H3,(H,9,11). The normalized spacial score (nSPS) is 26.7. The summed E-state index contributed by atoms with van der Waals surface area (Å²) >= 11 is 0. The number of carbonyl (C=O) groups excluding carboxylic acids is 1. The quantitative estimate of drug-likeness (QED) is 0.612. The van der Waals surface area contributed by atoms with E-state index in [2.05, 4.69) is 5.32 Å². The van der Waals surface area contributed by atoms with Crippen molar-refractivity contribution in [1.82, 2.24) is 5.32 Å². The van der Waals surface area contributed by atoms with Crippen molar-refractivity contribution in [1.29, 1.82) is 0 Å². The van der Waals surface area contributed by atoms with Gasteiger partial charge >= 0.3 is 0 Å². The van der Waals surface area contributed by atoms with Crippen LogP contribution in [0.15, 0.2) is 0 Å². The van der Waals surface area contributed by atoms with E-state index < -0.39 is 0 Å². The average Bonchev–Trinajstić information content (AvgIpc) is 2.35. The molecule has 1 amide bonds. The summed E-state index contributed by atoms with van der Waals surface area (Å²) in [5.74, 6) is 0.928. The highest BCUT2D eigenvalue weighted by atomic mass is 16.3. The molecular formula is C8H15NO2. The second-order valence-electron chi connectivity index (χ2n) is 3.40. The van der Waals surface area contributed by atoms with Crippen LogP contribution in [0.25, 0.3) is 0 Å². The molecule has 1 heterocycles. The lowest BCUT2D eigenvalue weighted by atomic mass is 9.96. The summed E-state index contributed by atoms with van der Waals surface area (Å²) in [6.07, 6.45) is 1.60. The zero-order valence-electron chi connectivity index (χ0n) is 6.84. The number of amides is 1. The molecule has 0 aromatic rings. The maximum atomic E-state index is 10.7. The van der Waals surface area contributed by atoms with Gasteiger partial charge in [-0.25, -0.2) is 0 Å². The van der Waals surface area contributed by atoms with Gasteiger partial charge in [-0.3, -0.25) is 4.79 Å². The molecule has 2 unspecified atom stereocenters. The molecule has 3 nitrogen and oxygen atoms in total.